The molecule has 0 radical (unpaired) electrons. The van der Waals surface area contributed by atoms with Crippen LogP contribution in [0.25, 0.3) is 0 Å². The molecule has 0 aliphatic carbocycles. The van der Waals surface area contributed by atoms with Gasteiger partial charge in [0.15, 0.2) is 0 Å². The highest BCUT2D eigenvalue weighted by Gasteiger charge is 2.17. The molecule has 4 heteroatoms. The summed E-state index contributed by atoms with van der Waals surface area (Å²) in [5.41, 5.74) is 9.26. The summed E-state index contributed by atoms with van der Waals surface area (Å²) in [7, 11) is 0. The molecule has 1 atom stereocenters. The maximum atomic E-state index is 6.03. The monoisotopic (exact) mass is 256 g/mol. The summed E-state index contributed by atoms with van der Waals surface area (Å²) in [6, 6.07) is 6.13. The van der Waals surface area contributed by atoms with Gasteiger partial charge in [-0.1, -0.05) is 13.0 Å². The number of nitrogens with zero attached hydrogens (tertiary/aromatic N) is 2. The van der Waals surface area contributed by atoms with Crippen molar-refractivity contribution in [3.05, 3.63) is 53.5 Å². The second-order valence-corrected chi connectivity index (χ2v) is 4.66. The van der Waals surface area contributed by atoms with Crippen LogP contribution < -0.4 is 11.1 Å². The first kappa shape index (κ1) is 13.5. The van der Waals surface area contributed by atoms with Crippen molar-refractivity contribution in [2.45, 2.75) is 26.3 Å². The van der Waals surface area contributed by atoms with Crippen molar-refractivity contribution in [1.29, 1.82) is 0 Å². The van der Waals surface area contributed by atoms with Crippen LogP contribution in [0.5, 0.6) is 0 Å². The van der Waals surface area contributed by atoms with Gasteiger partial charge in [-0.15, -0.1) is 0 Å². The molecule has 0 aliphatic heterocycles. The van der Waals surface area contributed by atoms with E-state index in [0.717, 1.165) is 29.7 Å². The molecule has 2 aromatic rings. The van der Waals surface area contributed by atoms with E-state index in [1.165, 1.54) is 0 Å². The molecule has 0 aliphatic rings. The van der Waals surface area contributed by atoms with Gasteiger partial charge in [0.1, 0.15) is 5.82 Å². The van der Waals surface area contributed by atoms with Gasteiger partial charge in [0, 0.05) is 24.2 Å². The number of hydrogen-bond donors (Lipinski definition) is 2. The quantitative estimate of drug-likeness (QED) is 0.862. The summed E-state index contributed by atoms with van der Waals surface area (Å²) < 4.78 is 0. The summed E-state index contributed by atoms with van der Waals surface area (Å²) in [5.74, 6) is 0.572. The van der Waals surface area contributed by atoms with Gasteiger partial charge in [0.05, 0.1) is 6.04 Å². The highest BCUT2D eigenvalue weighted by Crippen LogP contribution is 2.25. The first-order valence-corrected chi connectivity index (χ1v) is 6.57. The van der Waals surface area contributed by atoms with Crippen molar-refractivity contribution in [3.63, 3.8) is 0 Å². The number of aromatic nitrogens is 2. The maximum Gasteiger partial charge on any atom is 0.128 e. The molecule has 0 saturated carbocycles. The van der Waals surface area contributed by atoms with E-state index < -0.39 is 0 Å². The molecule has 4 nitrogen and oxygen atoms in total. The normalized spacial score (nSPS) is 12.3. The number of pyridine rings is 2. The summed E-state index contributed by atoms with van der Waals surface area (Å²) >= 11 is 0. The number of nitrogen functional groups attached to an aromatic ring is 1. The van der Waals surface area contributed by atoms with Gasteiger partial charge in [-0.3, -0.25) is 4.98 Å². The third-order valence-electron chi connectivity index (χ3n) is 3.01. The Bertz CT molecular complexity index is 525. The molecule has 0 bridgehead atoms. The second-order valence-electron chi connectivity index (χ2n) is 4.66. The predicted molar refractivity (Wildman–Crippen MR) is 77.8 cm³/mol. The van der Waals surface area contributed by atoms with Crippen LogP contribution in [0, 0.1) is 6.92 Å². The van der Waals surface area contributed by atoms with Crippen molar-refractivity contribution in [3.8, 4) is 0 Å². The van der Waals surface area contributed by atoms with Crippen LogP contribution >= 0.6 is 0 Å². The Morgan fingerprint density at radius 2 is 2.21 bits per heavy atom. The minimum Gasteiger partial charge on any atom is -0.383 e. The van der Waals surface area contributed by atoms with Gasteiger partial charge in [-0.05, 0) is 43.1 Å². The standard InChI is InChI=1S/C15H20N4/c1-3-6-18-14(12-5-4-7-17-10-12)13-8-11(2)9-19-15(13)16/h4-5,7-10,14,18H,3,6H2,1-2H3,(H2,16,19). The Morgan fingerprint density at radius 3 is 2.89 bits per heavy atom. The minimum atomic E-state index is 0.0426. The van der Waals surface area contributed by atoms with Crippen molar-refractivity contribution in [2.24, 2.45) is 0 Å². The molecule has 2 heterocycles. The van der Waals surface area contributed by atoms with Gasteiger partial charge in [-0.25, -0.2) is 4.98 Å². The fourth-order valence-electron chi connectivity index (χ4n) is 2.08. The Balaban J connectivity index is 2.40. The fraction of sp³-hybridized carbons (Fsp3) is 0.333. The molecule has 0 saturated heterocycles. The van der Waals surface area contributed by atoms with E-state index in [-0.39, 0.29) is 6.04 Å². The van der Waals surface area contributed by atoms with Gasteiger partial charge >= 0.3 is 0 Å². The van der Waals surface area contributed by atoms with Crippen molar-refractivity contribution < 1.29 is 0 Å². The Morgan fingerprint density at radius 1 is 1.37 bits per heavy atom. The highest BCUT2D eigenvalue weighted by molar-refractivity contribution is 5.46. The average molecular weight is 256 g/mol. The first-order valence-electron chi connectivity index (χ1n) is 6.57. The van der Waals surface area contributed by atoms with Gasteiger partial charge < -0.3 is 11.1 Å². The van der Waals surface area contributed by atoms with Crippen LogP contribution in [0.15, 0.2) is 36.8 Å². The Kier molecular flexibility index (Phi) is 4.47. The Labute approximate surface area is 114 Å². The minimum absolute atomic E-state index is 0.0426. The van der Waals surface area contributed by atoms with Crippen LogP contribution in [0.1, 0.15) is 36.1 Å². The largest absolute Gasteiger partial charge is 0.383 e. The summed E-state index contributed by atoms with van der Waals surface area (Å²) in [4.78, 5) is 8.44. The number of hydrogen-bond acceptors (Lipinski definition) is 4. The lowest BCUT2D eigenvalue weighted by Gasteiger charge is -2.20. The average Bonchev–Trinajstić information content (AvgIpc) is 2.44. The zero-order valence-corrected chi connectivity index (χ0v) is 11.4. The number of aryl methyl sites for hydroxylation is 1. The van der Waals surface area contributed by atoms with Crippen LogP contribution in [0.4, 0.5) is 5.82 Å². The SMILES string of the molecule is CCCNC(c1cccnc1)c1cc(C)cnc1N. The van der Waals surface area contributed by atoms with Crippen molar-refractivity contribution >= 4 is 5.82 Å². The zero-order valence-electron chi connectivity index (χ0n) is 11.4. The van der Waals surface area contributed by atoms with Crippen LogP contribution in [-0.2, 0) is 0 Å². The third-order valence-corrected chi connectivity index (χ3v) is 3.01. The molecule has 0 fully saturated rings. The molecule has 0 amide bonds. The van der Waals surface area contributed by atoms with Crippen LogP contribution in [0.3, 0.4) is 0 Å². The van der Waals surface area contributed by atoms with Gasteiger partial charge in [0.25, 0.3) is 0 Å². The number of rotatable bonds is 5. The lowest BCUT2D eigenvalue weighted by molar-refractivity contribution is 0.596. The fourth-order valence-corrected chi connectivity index (χ4v) is 2.08. The van der Waals surface area contributed by atoms with Crippen LogP contribution in [0.2, 0.25) is 0 Å². The number of nitrogens with two attached hydrogens (primary N) is 1. The maximum absolute atomic E-state index is 6.03. The number of anilines is 1. The lowest BCUT2D eigenvalue weighted by Crippen LogP contribution is -2.24. The summed E-state index contributed by atoms with van der Waals surface area (Å²) in [6.45, 7) is 5.09. The molecule has 19 heavy (non-hydrogen) atoms. The van der Waals surface area contributed by atoms with Crippen molar-refractivity contribution in [1.82, 2.24) is 15.3 Å². The second kappa shape index (κ2) is 6.29. The lowest BCUT2D eigenvalue weighted by atomic mass is 9.99. The molecule has 3 N–H and O–H groups in total. The van der Waals surface area contributed by atoms with E-state index in [1.54, 1.807) is 12.4 Å². The zero-order chi connectivity index (χ0) is 13.7. The van der Waals surface area contributed by atoms with E-state index in [1.807, 2.05) is 19.2 Å². The predicted octanol–water partition coefficient (Wildman–Crippen LogP) is 2.46. The van der Waals surface area contributed by atoms with Gasteiger partial charge in [0.2, 0.25) is 0 Å². The number of nitrogens with one attached hydrogen (secondary N) is 1. The highest BCUT2D eigenvalue weighted by atomic mass is 14.9. The molecular weight excluding hydrogens is 236 g/mol. The smallest absolute Gasteiger partial charge is 0.128 e. The first-order chi connectivity index (χ1) is 9.22. The van der Waals surface area contributed by atoms with E-state index in [9.17, 15) is 0 Å². The molecular formula is C15H20N4. The summed E-state index contributed by atoms with van der Waals surface area (Å²) in [6.07, 6.45) is 6.50. The Hall–Kier alpha value is -1.94. The van der Waals surface area contributed by atoms with E-state index in [4.69, 9.17) is 5.73 Å². The van der Waals surface area contributed by atoms with Crippen LogP contribution in [-0.4, -0.2) is 16.5 Å². The molecule has 0 aromatic carbocycles. The molecule has 2 aromatic heterocycles. The third kappa shape index (κ3) is 3.29. The van der Waals surface area contributed by atoms with E-state index >= 15 is 0 Å². The molecule has 1 unspecified atom stereocenters. The molecule has 0 spiro atoms. The van der Waals surface area contributed by atoms with E-state index in [2.05, 4.69) is 34.3 Å². The summed E-state index contributed by atoms with van der Waals surface area (Å²) in [5, 5.41) is 3.51. The topological polar surface area (TPSA) is 63.8 Å². The van der Waals surface area contributed by atoms with E-state index in [0.29, 0.717) is 5.82 Å². The molecule has 2 rings (SSSR count). The molecule has 100 valence electrons. The van der Waals surface area contributed by atoms with Crippen molar-refractivity contribution in [2.75, 3.05) is 12.3 Å². The van der Waals surface area contributed by atoms with Gasteiger partial charge in [-0.2, -0.15) is 0 Å².